The van der Waals surface area contributed by atoms with Gasteiger partial charge >= 0.3 is 0 Å². The molecule has 0 amide bonds. The molecule has 0 aliphatic heterocycles. The third-order valence-electron chi connectivity index (χ3n) is 4.40. The Bertz CT molecular complexity index is 1130. The van der Waals surface area contributed by atoms with Gasteiger partial charge in [0.25, 0.3) is 5.56 Å². The SMILES string of the molecule is CCc1nc2scc(-c3ccccc3)c2c(=O)n1Cc1cccc(F)c1. The second kappa shape index (κ2) is 6.84. The summed E-state index contributed by atoms with van der Waals surface area (Å²) in [6.45, 7) is 2.29. The van der Waals surface area contributed by atoms with E-state index in [9.17, 15) is 9.18 Å². The van der Waals surface area contributed by atoms with Crippen molar-refractivity contribution in [3.05, 3.63) is 87.5 Å². The summed E-state index contributed by atoms with van der Waals surface area (Å²) in [5.41, 5.74) is 2.58. The van der Waals surface area contributed by atoms with E-state index in [2.05, 4.69) is 0 Å². The minimum Gasteiger partial charge on any atom is -0.292 e. The highest BCUT2D eigenvalue weighted by Gasteiger charge is 2.16. The summed E-state index contributed by atoms with van der Waals surface area (Å²) >= 11 is 1.49. The Morgan fingerprint density at radius 1 is 1.12 bits per heavy atom. The van der Waals surface area contributed by atoms with Crippen LogP contribution in [-0.4, -0.2) is 9.55 Å². The van der Waals surface area contributed by atoms with Gasteiger partial charge in [0, 0.05) is 17.4 Å². The van der Waals surface area contributed by atoms with Gasteiger partial charge in [-0.15, -0.1) is 11.3 Å². The van der Waals surface area contributed by atoms with E-state index >= 15 is 0 Å². The molecular weight excluding hydrogens is 347 g/mol. The van der Waals surface area contributed by atoms with Gasteiger partial charge < -0.3 is 0 Å². The van der Waals surface area contributed by atoms with E-state index < -0.39 is 0 Å². The van der Waals surface area contributed by atoms with Crippen LogP contribution in [0.15, 0.2) is 64.8 Å². The molecule has 0 spiro atoms. The fourth-order valence-corrected chi connectivity index (χ4v) is 4.10. The van der Waals surface area contributed by atoms with Gasteiger partial charge in [0.15, 0.2) is 0 Å². The second-order valence-corrected chi connectivity index (χ2v) is 6.96. The summed E-state index contributed by atoms with van der Waals surface area (Å²) in [4.78, 5) is 18.7. The quantitative estimate of drug-likeness (QED) is 0.517. The zero-order valence-corrected chi connectivity index (χ0v) is 15.1. The Labute approximate surface area is 154 Å². The lowest BCUT2D eigenvalue weighted by Gasteiger charge is -2.12. The van der Waals surface area contributed by atoms with Gasteiger partial charge in [-0.1, -0.05) is 49.4 Å². The first-order valence-electron chi connectivity index (χ1n) is 8.48. The summed E-state index contributed by atoms with van der Waals surface area (Å²) in [5.74, 6) is 0.413. The van der Waals surface area contributed by atoms with Crippen molar-refractivity contribution in [2.45, 2.75) is 19.9 Å². The van der Waals surface area contributed by atoms with Crippen molar-refractivity contribution in [2.24, 2.45) is 0 Å². The number of rotatable bonds is 4. The Kier molecular flexibility index (Phi) is 4.39. The van der Waals surface area contributed by atoms with Crippen molar-refractivity contribution in [1.82, 2.24) is 9.55 Å². The zero-order chi connectivity index (χ0) is 18.1. The summed E-state index contributed by atoms with van der Waals surface area (Å²) < 4.78 is 15.2. The van der Waals surface area contributed by atoms with E-state index in [4.69, 9.17) is 4.98 Å². The maximum absolute atomic E-state index is 13.5. The topological polar surface area (TPSA) is 34.9 Å². The highest BCUT2D eigenvalue weighted by molar-refractivity contribution is 7.17. The fraction of sp³-hybridized carbons (Fsp3) is 0.143. The molecule has 2 aromatic carbocycles. The number of aromatic nitrogens is 2. The highest BCUT2D eigenvalue weighted by Crippen LogP contribution is 2.31. The number of fused-ring (bicyclic) bond motifs is 1. The largest absolute Gasteiger partial charge is 0.292 e. The van der Waals surface area contributed by atoms with Crippen molar-refractivity contribution in [1.29, 1.82) is 0 Å². The third-order valence-corrected chi connectivity index (χ3v) is 5.28. The molecule has 4 rings (SSSR count). The van der Waals surface area contributed by atoms with Gasteiger partial charge in [0.1, 0.15) is 16.5 Å². The molecule has 0 aliphatic rings. The molecule has 0 saturated heterocycles. The number of nitrogens with zero attached hydrogens (tertiary/aromatic N) is 2. The molecule has 0 saturated carbocycles. The summed E-state index contributed by atoms with van der Waals surface area (Å²) in [5, 5.41) is 2.62. The number of hydrogen-bond acceptors (Lipinski definition) is 3. The predicted octanol–water partition coefficient (Wildman–Crippen LogP) is 4.87. The molecule has 0 radical (unpaired) electrons. The van der Waals surface area contributed by atoms with Crippen molar-refractivity contribution >= 4 is 21.6 Å². The predicted molar refractivity (Wildman–Crippen MR) is 104 cm³/mol. The first kappa shape index (κ1) is 16.7. The van der Waals surface area contributed by atoms with E-state index in [1.165, 1.54) is 23.5 Å². The van der Waals surface area contributed by atoms with Gasteiger partial charge in [-0.3, -0.25) is 9.36 Å². The van der Waals surface area contributed by atoms with E-state index in [1.54, 1.807) is 10.6 Å². The van der Waals surface area contributed by atoms with Crippen molar-refractivity contribution in [3.8, 4) is 11.1 Å². The molecule has 130 valence electrons. The normalized spacial score (nSPS) is 11.2. The monoisotopic (exact) mass is 364 g/mol. The Balaban J connectivity index is 1.92. The van der Waals surface area contributed by atoms with Crippen LogP contribution in [0.1, 0.15) is 18.3 Å². The Hall–Kier alpha value is -2.79. The molecule has 0 aliphatic carbocycles. The van der Waals surface area contributed by atoms with E-state index in [0.29, 0.717) is 24.2 Å². The van der Waals surface area contributed by atoms with Gasteiger partial charge in [-0.2, -0.15) is 0 Å². The molecule has 0 N–H and O–H groups in total. The van der Waals surface area contributed by atoms with Crippen LogP contribution >= 0.6 is 11.3 Å². The summed E-state index contributed by atoms with van der Waals surface area (Å²) in [6, 6.07) is 16.2. The molecule has 4 aromatic rings. The summed E-state index contributed by atoms with van der Waals surface area (Å²) in [7, 11) is 0. The van der Waals surface area contributed by atoms with Crippen LogP contribution in [0.25, 0.3) is 21.3 Å². The molecule has 2 heterocycles. The van der Waals surface area contributed by atoms with Gasteiger partial charge in [0.2, 0.25) is 0 Å². The Morgan fingerprint density at radius 2 is 1.92 bits per heavy atom. The fourth-order valence-electron chi connectivity index (χ4n) is 3.15. The average molecular weight is 364 g/mol. The lowest BCUT2D eigenvalue weighted by atomic mass is 10.1. The van der Waals surface area contributed by atoms with Crippen LogP contribution in [0, 0.1) is 5.82 Å². The highest BCUT2D eigenvalue weighted by atomic mass is 32.1. The maximum Gasteiger partial charge on any atom is 0.263 e. The van der Waals surface area contributed by atoms with Gasteiger partial charge in [-0.25, -0.2) is 9.37 Å². The van der Waals surface area contributed by atoms with Crippen LogP contribution in [-0.2, 0) is 13.0 Å². The van der Waals surface area contributed by atoms with Gasteiger partial charge in [-0.05, 0) is 23.3 Å². The summed E-state index contributed by atoms with van der Waals surface area (Å²) in [6.07, 6.45) is 0.638. The second-order valence-electron chi connectivity index (χ2n) is 6.10. The number of hydrogen-bond donors (Lipinski definition) is 0. The van der Waals surface area contributed by atoms with E-state index in [-0.39, 0.29) is 11.4 Å². The third kappa shape index (κ3) is 2.95. The number of benzene rings is 2. The van der Waals surface area contributed by atoms with Crippen molar-refractivity contribution in [3.63, 3.8) is 0 Å². The molecule has 0 fully saturated rings. The van der Waals surface area contributed by atoms with Crippen LogP contribution in [0.2, 0.25) is 0 Å². The molecular formula is C21H17FN2OS. The van der Waals surface area contributed by atoms with Crippen LogP contribution < -0.4 is 5.56 Å². The lowest BCUT2D eigenvalue weighted by molar-refractivity contribution is 0.620. The molecule has 0 atom stereocenters. The molecule has 3 nitrogen and oxygen atoms in total. The number of aryl methyl sites for hydroxylation is 1. The van der Waals surface area contributed by atoms with Crippen LogP contribution in [0.5, 0.6) is 0 Å². The first-order chi connectivity index (χ1) is 12.7. The Morgan fingerprint density at radius 3 is 2.65 bits per heavy atom. The van der Waals surface area contributed by atoms with Crippen molar-refractivity contribution < 1.29 is 4.39 Å². The van der Waals surface area contributed by atoms with Crippen molar-refractivity contribution in [2.75, 3.05) is 0 Å². The average Bonchev–Trinajstić information content (AvgIpc) is 3.09. The molecule has 2 aromatic heterocycles. The van der Waals surface area contributed by atoms with Crippen LogP contribution in [0.4, 0.5) is 4.39 Å². The number of thiophene rings is 1. The standard InChI is InChI=1S/C21H17FN2OS/c1-2-18-23-20-19(17(13-26-20)15-8-4-3-5-9-15)21(25)24(18)12-14-7-6-10-16(22)11-14/h3-11,13H,2,12H2,1H3. The lowest BCUT2D eigenvalue weighted by Crippen LogP contribution is -2.25. The van der Waals surface area contributed by atoms with E-state index in [0.717, 1.165) is 21.5 Å². The molecule has 0 unspecified atom stereocenters. The minimum atomic E-state index is -0.303. The maximum atomic E-state index is 13.5. The smallest absolute Gasteiger partial charge is 0.263 e. The van der Waals surface area contributed by atoms with Crippen LogP contribution in [0.3, 0.4) is 0 Å². The molecule has 0 bridgehead atoms. The molecule has 26 heavy (non-hydrogen) atoms. The molecule has 5 heteroatoms. The van der Waals surface area contributed by atoms with E-state index in [1.807, 2.05) is 48.7 Å². The zero-order valence-electron chi connectivity index (χ0n) is 14.3. The van der Waals surface area contributed by atoms with Gasteiger partial charge in [0.05, 0.1) is 11.9 Å². The first-order valence-corrected chi connectivity index (χ1v) is 9.36. The number of halogens is 1. The minimum absolute atomic E-state index is 0.0729.